The van der Waals surface area contributed by atoms with Gasteiger partial charge in [0.25, 0.3) is 5.91 Å². The Labute approximate surface area is 158 Å². The number of hydrogen-bond acceptors (Lipinski definition) is 4. The highest BCUT2D eigenvalue weighted by Crippen LogP contribution is 2.19. The predicted molar refractivity (Wildman–Crippen MR) is 104 cm³/mol. The standard InChI is InChI=1S/C22H21NO4/c24-14-18-7-4-8-19(13-18)23-22(25)16-27-21-11-9-20(10-12-21)26-15-17-5-2-1-3-6-17/h1-13,24H,14-16H2,(H,23,25). The Hall–Kier alpha value is -3.31. The van der Waals surface area contributed by atoms with E-state index in [2.05, 4.69) is 5.32 Å². The van der Waals surface area contributed by atoms with Crippen molar-refractivity contribution in [2.24, 2.45) is 0 Å². The molecule has 0 aliphatic rings. The highest BCUT2D eigenvalue weighted by atomic mass is 16.5. The van der Waals surface area contributed by atoms with Crippen molar-refractivity contribution in [2.45, 2.75) is 13.2 Å². The molecule has 138 valence electrons. The molecule has 0 heterocycles. The largest absolute Gasteiger partial charge is 0.489 e. The van der Waals surface area contributed by atoms with E-state index >= 15 is 0 Å². The summed E-state index contributed by atoms with van der Waals surface area (Å²) in [6.45, 7) is 0.322. The lowest BCUT2D eigenvalue weighted by Crippen LogP contribution is -2.20. The number of carbonyl (C=O) groups is 1. The minimum atomic E-state index is -0.269. The molecule has 0 saturated heterocycles. The lowest BCUT2D eigenvalue weighted by atomic mass is 10.2. The van der Waals surface area contributed by atoms with E-state index in [9.17, 15) is 4.79 Å². The van der Waals surface area contributed by atoms with Crippen LogP contribution in [0.1, 0.15) is 11.1 Å². The lowest BCUT2D eigenvalue weighted by Gasteiger charge is -2.10. The van der Waals surface area contributed by atoms with Gasteiger partial charge < -0.3 is 19.9 Å². The molecule has 0 aromatic heterocycles. The monoisotopic (exact) mass is 363 g/mol. The summed E-state index contributed by atoms with van der Waals surface area (Å²) in [6, 6.07) is 24.1. The lowest BCUT2D eigenvalue weighted by molar-refractivity contribution is -0.118. The molecule has 3 rings (SSSR count). The summed E-state index contributed by atoms with van der Waals surface area (Å²) < 4.78 is 11.2. The number of ether oxygens (including phenoxy) is 2. The topological polar surface area (TPSA) is 67.8 Å². The number of aliphatic hydroxyl groups is 1. The van der Waals surface area contributed by atoms with Gasteiger partial charge in [-0.1, -0.05) is 42.5 Å². The summed E-state index contributed by atoms with van der Waals surface area (Å²) >= 11 is 0. The number of hydrogen-bond donors (Lipinski definition) is 2. The average molecular weight is 363 g/mol. The van der Waals surface area contributed by atoms with E-state index < -0.39 is 0 Å². The molecule has 3 aromatic carbocycles. The predicted octanol–water partition coefficient (Wildman–Crippen LogP) is 3.78. The first-order valence-electron chi connectivity index (χ1n) is 8.62. The molecule has 0 spiro atoms. The van der Waals surface area contributed by atoms with Crippen molar-refractivity contribution in [3.8, 4) is 11.5 Å². The third-order valence-corrected chi connectivity index (χ3v) is 3.84. The van der Waals surface area contributed by atoms with Crippen LogP contribution < -0.4 is 14.8 Å². The Morgan fingerprint density at radius 2 is 1.48 bits per heavy atom. The van der Waals surface area contributed by atoms with Crippen molar-refractivity contribution in [1.29, 1.82) is 0 Å². The molecule has 0 aliphatic carbocycles. The van der Waals surface area contributed by atoms with Crippen LogP contribution in [0.15, 0.2) is 78.9 Å². The van der Waals surface area contributed by atoms with Crippen molar-refractivity contribution < 1.29 is 19.4 Å². The van der Waals surface area contributed by atoms with Gasteiger partial charge in [-0.15, -0.1) is 0 Å². The van der Waals surface area contributed by atoms with Crippen molar-refractivity contribution in [1.82, 2.24) is 0 Å². The SMILES string of the molecule is O=C(COc1ccc(OCc2ccccc2)cc1)Nc1cccc(CO)c1. The van der Waals surface area contributed by atoms with Gasteiger partial charge in [0.05, 0.1) is 6.61 Å². The molecule has 2 N–H and O–H groups in total. The minimum absolute atomic E-state index is 0.0705. The zero-order valence-electron chi connectivity index (χ0n) is 14.8. The van der Waals surface area contributed by atoms with Crippen molar-refractivity contribution in [3.05, 3.63) is 90.0 Å². The zero-order chi connectivity index (χ0) is 18.9. The molecule has 0 radical (unpaired) electrons. The number of nitrogens with one attached hydrogen (secondary N) is 1. The number of anilines is 1. The minimum Gasteiger partial charge on any atom is -0.489 e. The van der Waals surface area contributed by atoms with E-state index in [4.69, 9.17) is 14.6 Å². The Morgan fingerprint density at radius 1 is 0.815 bits per heavy atom. The Morgan fingerprint density at radius 3 is 2.19 bits per heavy atom. The first kappa shape index (κ1) is 18.5. The first-order chi connectivity index (χ1) is 13.2. The second-order valence-electron chi connectivity index (χ2n) is 5.94. The molecule has 0 aliphatic heterocycles. The van der Waals surface area contributed by atoms with Crippen molar-refractivity contribution >= 4 is 11.6 Å². The zero-order valence-corrected chi connectivity index (χ0v) is 14.8. The summed E-state index contributed by atoms with van der Waals surface area (Å²) in [5, 5.41) is 11.9. The van der Waals surface area contributed by atoms with E-state index in [0.717, 1.165) is 16.9 Å². The van der Waals surface area contributed by atoms with Gasteiger partial charge in [-0.25, -0.2) is 0 Å². The van der Waals surface area contributed by atoms with Crippen LogP contribution in [0.3, 0.4) is 0 Å². The van der Waals surface area contributed by atoms with Gasteiger partial charge in [0.15, 0.2) is 6.61 Å². The van der Waals surface area contributed by atoms with Gasteiger partial charge in [0, 0.05) is 5.69 Å². The fourth-order valence-electron chi connectivity index (χ4n) is 2.47. The summed E-state index contributed by atoms with van der Waals surface area (Å²) in [4.78, 5) is 12.0. The Bertz CT molecular complexity index is 863. The quantitative estimate of drug-likeness (QED) is 0.639. The molecule has 5 nitrogen and oxygen atoms in total. The number of rotatable bonds is 8. The van der Waals surface area contributed by atoms with Crippen LogP contribution in [0.5, 0.6) is 11.5 Å². The molecule has 0 bridgehead atoms. The van der Waals surface area contributed by atoms with Crippen LogP contribution in [-0.4, -0.2) is 17.6 Å². The van der Waals surface area contributed by atoms with E-state index in [-0.39, 0.29) is 19.1 Å². The molecule has 27 heavy (non-hydrogen) atoms. The maximum Gasteiger partial charge on any atom is 0.262 e. The van der Waals surface area contributed by atoms with Crippen LogP contribution in [-0.2, 0) is 18.0 Å². The smallest absolute Gasteiger partial charge is 0.262 e. The van der Waals surface area contributed by atoms with Crippen LogP contribution in [0.2, 0.25) is 0 Å². The van der Waals surface area contributed by atoms with Gasteiger partial charge in [0.2, 0.25) is 0 Å². The first-order valence-corrected chi connectivity index (χ1v) is 8.62. The maximum atomic E-state index is 12.0. The van der Waals surface area contributed by atoms with Crippen LogP contribution >= 0.6 is 0 Å². The van der Waals surface area contributed by atoms with Crippen LogP contribution in [0.4, 0.5) is 5.69 Å². The van der Waals surface area contributed by atoms with E-state index in [1.54, 1.807) is 48.5 Å². The molecule has 0 fully saturated rings. The third kappa shape index (κ3) is 5.87. The van der Waals surface area contributed by atoms with Crippen LogP contribution in [0.25, 0.3) is 0 Å². The third-order valence-electron chi connectivity index (χ3n) is 3.84. The van der Waals surface area contributed by atoms with Gasteiger partial charge in [-0.05, 0) is 47.5 Å². The molecular formula is C22H21NO4. The summed E-state index contributed by atoms with van der Waals surface area (Å²) in [5.74, 6) is 1.05. The number of carbonyl (C=O) groups excluding carboxylic acids is 1. The maximum absolute atomic E-state index is 12.0. The van der Waals surface area contributed by atoms with Crippen molar-refractivity contribution in [3.63, 3.8) is 0 Å². The molecule has 5 heteroatoms. The van der Waals surface area contributed by atoms with E-state index in [1.807, 2.05) is 30.3 Å². The molecular weight excluding hydrogens is 342 g/mol. The normalized spacial score (nSPS) is 10.3. The average Bonchev–Trinajstić information content (AvgIpc) is 2.72. The fourth-order valence-corrected chi connectivity index (χ4v) is 2.47. The molecule has 0 saturated carbocycles. The molecule has 0 unspecified atom stereocenters. The number of aliphatic hydroxyl groups excluding tert-OH is 1. The second-order valence-corrected chi connectivity index (χ2v) is 5.94. The van der Waals surface area contributed by atoms with E-state index in [0.29, 0.717) is 18.0 Å². The van der Waals surface area contributed by atoms with Gasteiger partial charge in [-0.3, -0.25) is 4.79 Å². The molecule has 0 atom stereocenters. The van der Waals surface area contributed by atoms with Gasteiger partial charge >= 0.3 is 0 Å². The highest BCUT2D eigenvalue weighted by Gasteiger charge is 2.05. The number of amides is 1. The van der Waals surface area contributed by atoms with Crippen molar-refractivity contribution in [2.75, 3.05) is 11.9 Å². The Balaban J connectivity index is 1.46. The molecule has 1 amide bonds. The number of benzene rings is 3. The van der Waals surface area contributed by atoms with E-state index in [1.165, 1.54) is 0 Å². The molecule has 3 aromatic rings. The summed E-state index contributed by atoms with van der Waals surface area (Å²) in [7, 11) is 0. The second kappa shape index (κ2) is 9.40. The Kier molecular flexibility index (Phi) is 6.44. The highest BCUT2D eigenvalue weighted by molar-refractivity contribution is 5.91. The summed E-state index contributed by atoms with van der Waals surface area (Å²) in [5.41, 5.74) is 2.46. The fraction of sp³-hybridized carbons (Fsp3) is 0.136. The van der Waals surface area contributed by atoms with Crippen LogP contribution in [0, 0.1) is 0 Å². The summed E-state index contributed by atoms with van der Waals surface area (Å²) in [6.07, 6.45) is 0. The van der Waals surface area contributed by atoms with Gasteiger partial charge in [-0.2, -0.15) is 0 Å². The van der Waals surface area contributed by atoms with Gasteiger partial charge in [0.1, 0.15) is 18.1 Å².